The summed E-state index contributed by atoms with van der Waals surface area (Å²) < 4.78 is 98.2. The van der Waals surface area contributed by atoms with Crippen molar-refractivity contribution in [3.05, 3.63) is 59.2 Å². The number of hydrogen-bond acceptors (Lipinski definition) is 6. The van der Waals surface area contributed by atoms with E-state index >= 15 is 0 Å². The Kier molecular flexibility index (Phi) is 8.19. The van der Waals surface area contributed by atoms with Gasteiger partial charge in [-0.15, -0.1) is 0 Å². The van der Waals surface area contributed by atoms with Crippen LogP contribution in [-0.4, -0.2) is 66.0 Å². The van der Waals surface area contributed by atoms with E-state index in [1.54, 1.807) is 19.1 Å². The molecule has 4 rings (SSSR count). The summed E-state index contributed by atoms with van der Waals surface area (Å²) >= 11 is 0. The zero-order valence-corrected chi connectivity index (χ0v) is 23.0. The zero-order valence-electron chi connectivity index (χ0n) is 22.2. The molecule has 4 atom stereocenters. The fourth-order valence-electron chi connectivity index (χ4n) is 5.47. The average molecular weight is 607 g/mol. The van der Waals surface area contributed by atoms with Gasteiger partial charge in [0, 0.05) is 19.4 Å². The van der Waals surface area contributed by atoms with Gasteiger partial charge in [-0.3, -0.25) is 9.10 Å². The van der Waals surface area contributed by atoms with Crippen LogP contribution in [-0.2, 0) is 26.8 Å². The molecule has 0 saturated heterocycles. The van der Waals surface area contributed by atoms with Crippen LogP contribution in [0.3, 0.4) is 0 Å². The van der Waals surface area contributed by atoms with Crippen molar-refractivity contribution in [2.45, 2.75) is 92.8 Å². The number of nitrogens with one attached hydrogen (secondary N) is 1. The zero-order chi connectivity index (χ0) is 30.5. The van der Waals surface area contributed by atoms with E-state index in [-0.39, 0.29) is 55.2 Å². The highest BCUT2D eigenvalue weighted by Gasteiger charge is 2.67. The van der Waals surface area contributed by atoms with Crippen LogP contribution in [0.5, 0.6) is 0 Å². The molecular formula is C27H31F5N2O6S. The van der Waals surface area contributed by atoms with Gasteiger partial charge in [0.05, 0.1) is 28.8 Å². The molecule has 0 bridgehead atoms. The van der Waals surface area contributed by atoms with Gasteiger partial charge in [0.1, 0.15) is 0 Å². The third-order valence-electron chi connectivity index (χ3n) is 7.72. The second-order valence-corrected chi connectivity index (χ2v) is 12.6. The van der Waals surface area contributed by atoms with Crippen LogP contribution in [0.2, 0.25) is 0 Å². The monoisotopic (exact) mass is 606 g/mol. The standard InChI is InChI=1S/C27H31F5N2O6S/c1-15-3-8-20(9-4-15)41(39,40)34-19(14-24(37)33-18-12-22(35)23(36)13-18)7-5-16-11-17(6-10-21(16)34)26(38,25(2,28)29)27(30,31)32/h3-4,6,8-11,18-19,22-23,35-36,38H,5,7,12-14H2,1-2H3,(H,33,37). The number of hydrogen-bond donors (Lipinski definition) is 4. The molecule has 4 unspecified atom stereocenters. The number of amides is 1. The van der Waals surface area contributed by atoms with Crippen LogP contribution < -0.4 is 9.62 Å². The van der Waals surface area contributed by atoms with Crippen molar-refractivity contribution in [2.24, 2.45) is 0 Å². The molecule has 1 heterocycles. The lowest BCUT2D eigenvalue weighted by Crippen LogP contribution is -2.54. The highest BCUT2D eigenvalue weighted by Crippen LogP contribution is 2.50. The third kappa shape index (κ3) is 5.79. The Morgan fingerprint density at radius 1 is 1.02 bits per heavy atom. The molecule has 14 heteroatoms. The number of aryl methyl sites for hydroxylation is 2. The molecule has 8 nitrogen and oxygen atoms in total. The summed E-state index contributed by atoms with van der Waals surface area (Å²) in [6, 6.07) is 6.52. The van der Waals surface area contributed by atoms with Crippen molar-refractivity contribution >= 4 is 21.6 Å². The summed E-state index contributed by atoms with van der Waals surface area (Å²) in [7, 11) is -4.40. The molecular weight excluding hydrogens is 575 g/mol. The highest BCUT2D eigenvalue weighted by atomic mass is 32.2. The Balaban J connectivity index is 1.75. The quantitative estimate of drug-likeness (QED) is 0.359. The van der Waals surface area contributed by atoms with E-state index in [1.807, 2.05) is 0 Å². The highest BCUT2D eigenvalue weighted by molar-refractivity contribution is 7.92. The van der Waals surface area contributed by atoms with Crippen LogP contribution in [0, 0.1) is 6.92 Å². The molecule has 1 saturated carbocycles. The Labute approximate surface area is 233 Å². The molecule has 0 spiro atoms. The molecule has 1 fully saturated rings. The first kappa shape index (κ1) is 31.1. The Morgan fingerprint density at radius 3 is 2.15 bits per heavy atom. The summed E-state index contributed by atoms with van der Waals surface area (Å²) in [5.74, 6) is -5.19. The van der Waals surface area contributed by atoms with Gasteiger partial charge in [-0.25, -0.2) is 17.2 Å². The first-order valence-corrected chi connectivity index (χ1v) is 14.4. The van der Waals surface area contributed by atoms with Gasteiger partial charge in [0.2, 0.25) is 11.5 Å². The minimum atomic E-state index is -5.75. The Morgan fingerprint density at radius 2 is 1.61 bits per heavy atom. The normalized spacial score (nSPS) is 25.0. The fourth-order valence-corrected chi connectivity index (χ4v) is 7.19. The number of carbonyl (C=O) groups excluding carboxylic acids is 1. The fraction of sp³-hybridized carbons (Fsp3) is 0.519. The summed E-state index contributed by atoms with van der Waals surface area (Å²) in [5.41, 5.74) is -5.03. The van der Waals surface area contributed by atoms with Crippen molar-refractivity contribution in [2.75, 3.05) is 4.31 Å². The Bertz CT molecular complexity index is 1370. The van der Waals surface area contributed by atoms with Crippen LogP contribution in [0.4, 0.5) is 27.6 Å². The maximum Gasteiger partial charge on any atom is 0.427 e. The molecule has 0 radical (unpaired) electrons. The number of fused-ring (bicyclic) bond motifs is 1. The molecule has 226 valence electrons. The Hall–Kier alpha value is -2.81. The molecule has 1 amide bonds. The number of carbonyl (C=O) groups is 1. The van der Waals surface area contributed by atoms with E-state index in [0.29, 0.717) is 6.07 Å². The summed E-state index contributed by atoms with van der Waals surface area (Å²) in [5, 5.41) is 32.4. The third-order valence-corrected chi connectivity index (χ3v) is 9.60. The van der Waals surface area contributed by atoms with E-state index < -0.39 is 63.5 Å². The van der Waals surface area contributed by atoms with Crippen molar-refractivity contribution in [1.29, 1.82) is 0 Å². The summed E-state index contributed by atoms with van der Waals surface area (Å²) in [6.45, 7) is 1.69. The van der Waals surface area contributed by atoms with Gasteiger partial charge >= 0.3 is 6.18 Å². The second-order valence-electron chi connectivity index (χ2n) is 10.8. The van der Waals surface area contributed by atoms with Crippen molar-refractivity contribution in [3.63, 3.8) is 0 Å². The summed E-state index contributed by atoms with van der Waals surface area (Å²) in [4.78, 5) is 12.8. The van der Waals surface area contributed by atoms with Crippen molar-refractivity contribution in [3.8, 4) is 0 Å². The van der Waals surface area contributed by atoms with E-state index in [2.05, 4.69) is 5.32 Å². The van der Waals surface area contributed by atoms with Gasteiger partial charge in [0.15, 0.2) is 0 Å². The van der Waals surface area contributed by atoms with E-state index in [9.17, 15) is 50.5 Å². The minimum Gasteiger partial charge on any atom is -0.390 e. The van der Waals surface area contributed by atoms with Crippen molar-refractivity contribution in [1.82, 2.24) is 5.32 Å². The molecule has 2 aromatic carbocycles. The number of rotatable bonds is 7. The number of halogens is 5. The van der Waals surface area contributed by atoms with E-state index in [0.717, 1.165) is 22.0 Å². The predicted octanol–water partition coefficient (Wildman–Crippen LogP) is 3.30. The maximum atomic E-state index is 14.2. The molecule has 0 aromatic heterocycles. The summed E-state index contributed by atoms with van der Waals surface area (Å²) in [6.07, 6.45) is -8.01. The number of sulfonamides is 1. The van der Waals surface area contributed by atoms with Gasteiger partial charge in [-0.1, -0.05) is 29.8 Å². The molecule has 2 aliphatic rings. The molecule has 1 aliphatic carbocycles. The number of nitrogens with zero attached hydrogens (tertiary/aromatic N) is 1. The lowest BCUT2D eigenvalue weighted by molar-refractivity contribution is -0.335. The molecule has 1 aliphatic heterocycles. The van der Waals surface area contributed by atoms with Gasteiger partial charge in [-0.2, -0.15) is 13.2 Å². The van der Waals surface area contributed by atoms with Crippen LogP contribution >= 0.6 is 0 Å². The smallest absolute Gasteiger partial charge is 0.390 e. The van der Waals surface area contributed by atoms with Crippen molar-refractivity contribution < 1.29 is 50.5 Å². The topological polar surface area (TPSA) is 127 Å². The minimum absolute atomic E-state index is 0.0243. The number of alkyl halides is 5. The molecule has 4 N–H and O–H groups in total. The van der Waals surface area contributed by atoms with Crippen LogP contribution in [0.25, 0.3) is 0 Å². The number of aliphatic hydroxyl groups excluding tert-OH is 2. The van der Waals surface area contributed by atoms with E-state index in [4.69, 9.17) is 0 Å². The number of anilines is 1. The molecule has 41 heavy (non-hydrogen) atoms. The number of benzene rings is 2. The van der Waals surface area contributed by atoms with Gasteiger partial charge in [0.25, 0.3) is 15.9 Å². The lowest BCUT2D eigenvalue weighted by atomic mass is 9.84. The first-order chi connectivity index (χ1) is 18.9. The van der Waals surface area contributed by atoms with Gasteiger partial charge < -0.3 is 20.6 Å². The second kappa shape index (κ2) is 10.8. The largest absolute Gasteiger partial charge is 0.427 e. The number of aliphatic hydroxyl groups is 3. The molecule has 2 aromatic rings. The van der Waals surface area contributed by atoms with Crippen LogP contribution in [0.15, 0.2) is 47.4 Å². The van der Waals surface area contributed by atoms with Crippen LogP contribution in [0.1, 0.15) is 49.3 Å². The average Bonchev–Trinajstić information content (AvgIpc) is 3.17. The first-order valence-electron chi connectivity index (χ1n) is 12.9. The lowest BCUT2D eigenvalue weighted by Gasteiger charge is -2.40. The maximum absolute atomic E-state index is 14.2. The predicted molar refractivity (Wildman–Crippen MR) is 138 cm³/mol. The van der Waals surface area contributed by atoms with E-state index in [1.165, 1.54) is 12.1 Å². The van der Waals surface area contributed by atoms with Gasteiger partial charge in [-0.05, 0) is 61.9 Å². The SMILES string of the molecule is Cc1ccc(S(=O)(=O)N2c3ccc(C(O)(C(C)(F)F)C(F)(F)F)cc3CCC2CC(=O)NC2CC(O)C(O)C2)cc1.